The summed E-state index contributed by atoms with van der Waals surface area (Å²) in [5, 5.41) is 6.76. The van der Waals surface area contributed by atoms with E-state index >= 15 is 0 Å². The van der Waals surface area contributed by atoms with Crippen molar-refractivity contribution in [3.63, 3.8) is 0 Å². The molecule has 7 heteroatoms. The third-order valence-corrected chi connectivity index (χ3v) is 6.12. The second-order valence-electron chi connectivity index (χ2n) is 5.30. The minimum Gasteiger partial charge on any atom is -0.338 e. The van der Waals surface area contributed by atoms with Crippen molar-refractivity contribution in [2.45, 2.75) is 37.3 Å². The maximum Gasteiger partial charge on any atom is 0.255 e. The SMILES string of the molecule is CCCN(CC1CC1)C(=O)c1csc(S(N)(=O)=O)c1C. The fourth-order valence-electron chi connectivity index (χ4n) is 2.22. The van der Waals surface area contributed by atoms with Crippen molar-refractivity contribution in [3.05, 3.63) is 16.5 Å². The number of carbonyl (C=O) groups is 1. The van der Waals surface area contributed by atoms with Crippen LogP contribution < -0.4 is 5.14 Å². The third-order valence-electron chi connectivity index (χ3n) is 3.44. The van der Waals surface area contributed by atoms with Gasteiger partial charge in [-0.3, -0.25) is 4.79 Å². The minimum atomic E-state index is -3.75. The number of nitrogens with zero attached hydrogens (tertiary/aromatic N) is 1. The Morgan fingerprint density at radius 2 is 2.15 bits per heavy atom. The smallest absolute Gasteiger partial charge is 0.255 e. The Labute approximate surface area is 123 Å². The van der Waals surface area contributed by atoms with Gasteiger partial charge in [0.1, 0.15) is 4.21 Å². The standard InChI is InChI=1S/C13H20N2O3S2/c1-3-6-15(7-10-4-5-10)12(16)11-8-19-13(9(11)2)20(14,17)18/h8,10H,3-7H2,1-2H3,(H2,14,17,18). The summed E-state index contributed by atoms with van der Waals surface area (Å²) in [4.78, 5) is 14.4. The molecule has 1 fully saturated rings. The Morgan fingerprint density at radius 1 is 1.50 bits per heavy atom. The van der Waals surface area contributed by atoms with Gasteiger partial charge in [-0.15, -0.1) is 11.3 Å². The second kappa shape index (κ2) is 5.83. The number of hydrogen-bond acceptors (Lipinski definition) is 4. The molecule has 1 saturated carbocycles. The van der Waals surface area contributed by atoms with Crippen molar-refractivity contribution >= 4 is 27.3 Å². The molecule has 0 radical (unpaired) electrons. The Morgan fingerprint density at radius 3 is 2.60 bits per heavy atom. The first-order valence-electron chi connectivity index (χ1n) is 6.74. The molecule has 1 heterocycles. The molecule has 0 aromatic carbocycles. The number of rotatable bonds is 6. The summed E-state index contributed by atoms with van der Waals surface area (Å²) < 4.78 is 23.0. The Balaban J connectivity index is 2.24. The van der Waals surface area contributed by atoms with Crippen LogP contribution in [-0.4, -0.2) is 32.3 Å². The summed E-state index contributed by atoms with van der Waals surface area (Å²) in [6.45, 7) is 5.15. The van der Waals surface area contributed by atoms with Gasteiger partial charge in [0.15, 0.2) is 0 Å². The lowest BCUT2D eigenvalue weighted by Gasteiger charge is -2.22. The monoisotopic (exact) mass is 316 g/mol. The van der Waals surface area contributed by atoms with Crippen molar-refractivity contribution in [1.29, 1.82) is 0 Å². The van der Waals surface area contributed by atoms with Crippen molar-refractivity contribution in [1.82, 2.24) is 4.90 Å². The first-order chi connectivity index (χ1) is 9.34. The van der Waals surface area contributed by atoms with Gasteiger partial charge in [0, 0.05) is 18.5 Å². The van der Waals surface area contributed by atoms with Crippen molar-refractivity contribution in [2.24, 2.45) is 11.1 Å². The first-order valence-corrected chi connectivity index (χ1v) is 9.17. The molecule has 0 saturated heterocycles. The van der Waals surface area contributed by atoms with Gasteiger partial charge < -0.3 is 4.90 Å². The molecule has 2 N–H and O–H groups in total. The highest BCUT2D eigenvalue weighted by molar-refractivity contribution is 7.91. The molecule has 20 heavy (non-hydrogen) atoms. The summed E-state index contributed by atoms with van der Waals surface area (Å²) in [5.74, 6) is 0.532. The zero-order valence-corrected chi connectivity index (χ0v) is 13.4. The van der Waals surface area contributed by atoms with E-state index in [4.69, 9.17) is 5.14 Å². The number of primary sulfonamides is 1. The largest absolute Gasteiger partial charge is 0.338 e. The van der Waals surface area contributed by atoms with E-state index in [2.05, 4.69) is 0 Å². The summed E-state index contributed by atoms with van der Waals surface area (Å²) in [6, 6.07) is 0. The van der Waals surface area contributed by atoms with Crippen LogP contribution in [0, 0.1) is 12.8 Å². The molecule has 5 nitrogen and oxygen atoms in total. The Hall–Kier alpha value is -0.920. The average Bonchev–Trinajstić information content (AvgIpc) is 3.07. The molecule has 1 aromatic rings. The molecule has 2 rings (SSSR count). The maximum atomic E-state index is 12.6. The van der Waals surface area contributed by atoms with Crippen LogP contribution in [0.2, 0.25) is 0 Å². The van der Waals surface area contributed by atoms with E-state index in [-0.39, 0.29) is 10.1 Å². The van der Waals surface area contributed by atoms with Crippen LogP contribution in [0.1, 0.15) is 42.1 Å². The van der Waals surface area contributed by atoms with Gasteiger partial charge in [-0.05, 0) is 37.7 Å². The lowest BCUT2D eigenvalue weighted by molar-refractivity contribution is 0.0747. The lowest BCUT2D eigenvalue weighted by Crippen LogP contribution is -2.33. The highest BCUT2D eigenvalue weighted by Crippen LogP contribution is 2.31. The van der Waals surface area contributed by atoms with Gasteiger partial charge in [0.2, 0.25) is 10.0 Å². The zero-order valence-electron chi connectivity index (χ0n) is 11.8. The van der Waals surface area contributed by atoms with Crippen LogP contribution in [0.25, 0.3) is 0 Å². The molecule has 0 aliphatic heterocycles. The summed E-state index contributed by atoms with van der Waals surface area (Å²) in [7, 11) is -3.75. The van der Waals surface area contributed by atoms with Crippen molar-refractivity contribution in [3.8, 4) is 0 Å². The molecule has 1 aliphatic carbocycles. The summed E-state index contributed by atoms with van der Waals surface area (Å²) in [6.07, 6.45) is 3.25. The van der Waals surface area contributed by atoms with E-state index in [0.29, 0.717) is 23.6 Å². The predicted octanol–water partition coefficient (Wildman–Crippen LogP) is 1.97. The third kappa shape index (κ3) is 3.39. The molecular weight excluding hydrogens is 296 g/mol. The van der Waals surface area contributed by atoms with Gasteiger partial charge >= 0.3 is 0 Å². The topological polar surface area (TPSA) is 80.5 Å². The fourth-order valence-corrected chi connectivity index (χ4v) is 4.23. The number of carbonyl (C=O) groups excluding carboxylic acids is 1. The van der Waals surface area contributed by atoms with Crippen molar-refractivity contribution in [2.75, 3.05) is 13.1 Å². The summed E-state index contributed by atoms with van der Waals surface area (Å²) >= 11 is 1.02. The average molecular weight is 316 g/mol. The van der Waals surface area contributed by atoms with Crippen LogP contribution >= 0.6 is 11.3 Å². The van der Waals surface area contributed by atoms with Crippen molar-refractivity contribution < 1.29 is 13.2 Å². The number of nitrogens with two attached hydrogens (primary N) is 1. The number of thiophene rings is 1. The van der Waals surface area contributed by atoms with Gasteiger partial charge in [0.25, 0.3) is 5.91 Å². The lowest BCUT2D eigenvalue weighted by atomic mass is 10.2. The van der Waals surface area contributed by atoms with E-state index < -0.39 is 10.0 Å². The van der Waals surface area contributed by atoms with E-state index in [9.17, 15) is 13.2 Å². The molecule has 0 bridgehead atoms. The molecule has 0 spiro atoms. The van der Waals surface area contributed by atoms with Crippen LogP contribution in [0.3, 0.4) is 0 Å². The summed E-state index contributed by atoms with van der Waals surface area (Å²) in [5.41, 5.74) is 0.938. The van der Waals surface area contributed by atoms with Gasteiger partial charge in [-0.25, -0.2) is 13.6 Å². The molecule has 0 atom stereocenters. The van der Waals surface area contributed by atoms with E-state index in [1.165, 1.54) is 12.8 Å². The van der Waals surface area contributed by atoms with Crippen LogP contribution in [0.5, 0.6) is 0 Å². The number of sulfonamides is 1. The quantitative estimate of drug-likeness (QED) is 0.871. The van der Waals surface area contributed by atoms with E-state index in [1.807, 2.05) is 11.8 Å². The van der Waals surface area contributed by atoms with Gasteiger partial charge in [-0.1, -0.05) is 6.92 Å². The maximum absolute atomic E-state index is 12.6. The minimum absolute atomic E-state index is 0.0811. The highest BCUT2D eigenvalue weighted by atomic mass is 32.2. The van der Waals surface area contributed by atoms with Gasteiger partial charge in [-0.2, -0.15) is 0 Å². The number of amides is 1. The van der Waals surface area contributed by atoms with Crippen LogP contribution in [-0.2, 0) is 10.0 Å². The Kier molecular flexibility index (Phi) is 4.51. The molecule has 1 amide bonds. The predicted molar refractivity (Wildman–Crippen MR) is 79.3 cm³/mol. The molecule has 112 valence electrons. The van der Waals surface area contributed by atoms with Crippen LogP contribution in [0.15, 0.2) is 9.59 Å². The molecule has 1 aromatic heterocycles. The van der Waals surface area contributed by atoms with E-state index in [0.717, 1.165) is 24.3 Å². The van der Waals surface area contributed by atoms with E-state index in [1.54, 1.807) is 12.3 Å². The number of hydrogen-bond donors (Lipinski definition) is 1. The first kappa shape index (κ1) is 15.5. The van der Waals surface area contributed by atoms with Gasteiger partial charge in [0.05, 0.1) is 5.56 Å². The molecule has 1 aliphatic rings. The molecular formula is C13H20N2O3S2. The normalized spacial score (nSPS) is 15.3. The Bertz CT molecular complexity index is 603. The zero-order chi connectivity index (χ0) is 14.9. The molecule has 0 unspecified atom stereocenters. The highest BCUT2D eigenvalue weighted by Gasteiger charge is 2.29. The van der Waals surface area contributed by atoms with Crippen LogP contribution in [0.4, 0.5) is 0 Å². The second-order valence-corrected chi connectivity index (χ2v) is 7.94. The fraction of sp³-hybridized carbons (Fsp3) is 0.615.